The first-order valence-electron chi connectivity index (χ1n) is 7.86. The third-order valence-electron chi connectivity index (χ3n) is 4.78. The second kappa shape index (κ2) is 7.73. The number of rotatable bonds is 8. The third-order valence-corrected chi connectivity index (χ3v) is 6.52. The van der Waals surface area contributed by atoms with Gasteiger partial charge < -0.3 is 5.32 Å². The Morgan fingerprint density at radius 1 is 1.10 bits per heavy atom. The molecule has 120 valence electrons. The first-order chi connectivity index (χ1) is 9.43. The molecule has 0 unspecified atom stereocenters. The van der Waals surface area contributed by atoms with Crippen LogP contribution in [0.1, 0.15) is 52.9 Å². The van der Waals surface area contributed by atoms with Crippen LogP contribution >= 0.6 is 0 Å². The minimum Gasteiger partial charge on any atom is -0.319 e. The minimum atomic E-state index is -3.35. The molecule has 0 aliphatic carbocycles. The molecule has 1 fully saturated rings. The zero-order valence-electron chi connectivity index (χ0n) is 13.4. The maximum atomic E-state index is 12.5. The molecular weight excluding hydrogens is 274 g/mol. The van der Waals surface area contributed by atoms with Gasteiger partial charge in [-0.2, -0.15) is 17.4 Å². The lowest BCUT2D eigenvalue weighted by Gasteiger charge is -2.37. The lowest BCUT2D eigenvalue weighted by Crippen LogP contribution is -2.54. The molecule has 0 atom stereocenters. The SMILES string of the molecule is CCC(CC)(CC)NS(=O)(=O)N1CCC(CNC)CC1. The van der Waals surface area contributed by atoms with Crippen LogP contribution in [0.15, 0.2) is 0 Å². The summed E-state index contributed by atoms with van der Waals surface area (Å²) in [5.41, 5.74) is -0.291. The molecular formula is C14H31N3O2S. The molecule has 1 aliphatic rings. The molecule has 1 rings (SSSR count). The highest BCUT2D eigenvalue weighted by atomic mass is 32.2. The maximum absolute atomic E-state index is 12.5. The van der Waals surface area contributed by atoms with Crippen molar-refractivity contribution in [3.05, 3.63) is 0 Å². The summed E-state index contributed by atoms with van der Waals surface area (Å²) in [5, 5.41) is 3.17. The molecule has 5 nitrogen and oxygen atoms in total. The lowest BCUT2D eigenvalue weighted by molar-refractivity contribution is 0.257. The van der Waals surface area contributed by atoms with Crippen LogP contribution in [0.5, 0.6) is 0 Å². The molecule has 0 aromatic heterocycles. The van der Waals surface area contributed by atoms with Crippen molar-refractivity contribution in [1.82, 2.24) is 14.3 Å². The van der Waals surface area contributed by atoms with Crippen molar-refractivity contribution in [3.63, 3.8) is 0 Å². The van der Waals surface area contributed by atoms with E-state index in [1.165, 1.54) is 0 Å². The zero-order valence-corrected chi connectivity index (χ0v) is 14.2. The number of hydrogen-bond acceptors (Lipinski definition) is 3. The molecule has 1 saturated heterocycles. The van der Waals surface area contributed by atoms with E-state index in [1.807, 2.05) is 7.05 Å². The fourth-order valence-corrected chi connectivity index (χ4v) is 4.75. The van der Waals surface area contributed by atoms with Crippen LogP contribution < -0.4 is 10.0 Å². The summed E-state index contributed by atoms with van der Waals surface area (Å²) in [4.78, 5) is 0. The van der Waals surface area contributed by atoms with E-state index >= 15 is 0 Å². The van der Waals surface area contributed by atoms with Crippen molar-refractivity contribution in [1.29, 1.82) is 0 Å². The number of hydrogen-bond donors (Lipinski definition) is 2. The second-order valence-corrected chi connectivity index (χ2v) is 7.52. The van der Waals surface area contributed by atoms with Crippen molar-refractivity contribution in [3.8, 4) is 0 Å². The van der Waals surface area contributed by atoms with E-state index < -0.39 is 10.2 Å². The highest BCUT2D eigenvalue weighted by Gasteiger charge is 2.34. The fraction of sp³-hybridized carbons (Fsp3) is 1.00. The Balaban J connectivity index is 2.66. The van der Waals surface area contributed by atoms with Crippen molar-refractivity contribution < 1.29 is 8.42 Å². The summed E-state index contributed by atoms with van der Waals surface area (Å²) in [7, 11) is -1.41. The Morgan fingerprint density at radius 2 is 1.60 bits per heavy atom. The van der Waals surface area contributed by atoms with Crippen LogP contribution in [0.25, 0.3) is 0 Å². The third kappa shape index (κ3) is 4.41. The van der Waals surface area contributed by atoms with Crippen LogP contribution in [0, 0.1) is 5.92 Å². The first kappa shape index (κ1) is 17.9. The number of nitrogens with zero attached hydrogens (tertiary/aromatic N) is 1. The Morgan fingerprint density at radius 3 is 2.00 bits per heavy atom. The van der Waals surface area contributed by atoms with E-state index in [9.17, 15) is 8.42 Å². The molecule has 0 aromatic carbocycles. The van der Waals surface area contributed by atoms with Gasteiger partial charge in [-0.05, 0) is 51.6 Å². The Hall–Kier alpha value is -0.170. The Bertz CT molecular complexity index is 364. The van der Waals surface area contributed by atoms with Crippen molar-refractivity contribution >= 4 is 10.2 Å². The molecule has 20 heavy (non-hydrogen) atoms. The molecule has 0 saturated carbocycles. The molecule has 0 amide bonds. The van der Waals surface area contributed by atoms with Gasteiger partial charge in [0.15, 0.2) is 0 Å². The van der Waals surface area contributed by atoms with E-state index in [1.54, 1.807) is 4.31 Å². The molecule has 2 N–H and O–H groups in total. The molecule has 1 aliphatic heterocycles. The van der Waals surface area contributed by atoms with Crippen LogP contribution in [0.4, 0.5) is 0 Å². The van der Waals surface area contributed by atoms with Crippen LogP contribution in [-0.2, 0) is 10.2 Å². The van der Waals surface area contributed by atoms with E-state index in [0.29, 0.717) is 19.0 Å². The van der Waals surface area contributed by atoms with Gasteiger partial charge in [-0.25, -0.2) is 0 Å². The largest absolute Gasteiger partial charge is 0.319 e. The van der Waals surface area contributed by atoms with E-state index in [2.05, 4.69) is 30.8 Å². The molecule has 0 bridgehead atoms. The molecule has 6 heteroatoms. The Kier molecular flexibility index (Phi) is 6.91. The molecule has 0 aromatic rings. The van der Waals surface area contributed by atoms with Gasteiger partial charge in [0.25, 0.3) is 10.2 Å². The van der Waals surface area contributed by atoms with Crippen LogP contribution in [-0.4, -0.2) is 44.9 Å². The summed E-state index contributed by atoms with van der Waals surface area (Å²) in [6.45, 7) is 8.39. The average molecular weight is 305 g/mol. The highest BCUT2D eigenvalue weighted by molar-refractivity contribution is 7.87. The first-order valence-corrected chi connectivity index (χ1v) is 9.30. The van der Waals surface area contributed by atoms with Gasteiger partial charge in [0.2, 0.25) is 0 Å². The fourth-order valence-electron chi connectivity index (χ4n) is 2.95. The van der Waals surface area contributed by atoms with E-state index in [4.69, 9.17) is 0 Å². The van der Waals surface area contributed by atoms with Crippen molar-refractivity contribution in [2.45, 2.75) is 58.4 Å². The van der Waals surface area contributed by atoms with Gasteiger partial charge in [0.1, 0.15) is 0 Å². The predicted molar refractivity (Wildman–Crippen MR) is 83.9 cm³/mol. The van der Waals surface area contributed by atoms with Gasteiger partial charge in [0, 0.05) is 18.6 Å². The number of piperidine rings is 1. The van der Waals surface area contributed by atoms with Crippen molar-refractivity contribution in [2.24, 2.45) is 5.92 Å². The van der Waals surface area contributed by atoms with E-state index in [0.717, 1.165) is 38.6 Å². The predicted octanol–water partition coefficient (Wildman–Crippen LogP) is 1.72. The van der Waals surface area contributed by atoms with Crippen molar-refractivity contribution in [2.75, 3.05) is 26.7 Å². The van der Waals surface area contributed by atoms with Gasteiger partial charge in [-0.15, -0.1) is 0 Å². The highest BCUT2D eigenvalue weighted by Crippen LogP contribution is 2.24. The van der Waals surface area contributed by atoms with Gasteiger partial charge in [-0.1, -0.05) is 20.8 Å². The standard InChI is InChI=1S/C14H31N3O2S/c1-5-14(6-2,7-3)16-20(18,19)17-10-8-13(9-11-17)12-15-4/h13,15-16H,5-12H2,1-4H3. The topological polar surface area (TPSA) is 61.4 Å². The summed E-state index contributed by atoms with van der Waals surface area (Å²) < 4.78 is 29.7. The lowest BCUT2D eigenvalue weighted by atomic mass is 9.91. The van der Waals surface area contributed by atoms with Gasteiger partial charge in [-0.3, -0.25) is 0 Å². The Labute approximate surface area is 124 Å². The zero-order chi connectivity index (χ0) is 15.2. The average Bonchev–Trinajstić information content (AvgIpc) is 2.46. The van der Waals surface area contributed by atoms with Gasteiger partial charge in [0.05, 0.1) is 0 Å². The van der Waals surface area contributed by atoms with E-state index in [-0.39, 0.29) is 5.54 Å². The molecule has 0 spiro atoms. The second-order valence-electron chi connectivity index (χ2n) is 5.85. The summed E-state index contributed by atoms with van der Waals surface area (Å²) in [6, 6.07) is 0. The number of nitrogens with one attached hydrogen (secondary N) is 2. The minimum absolute atomic E-state index is 0.291. The van der Waals surface area contributed by atoms with Crippen LogP contribution in [0.2, 0.25) is 0 Å². The summed E-state index contributed by atoms with van der Waals surface area (Å²) >= 11 is 0. The van der Waals surface area contributed by atoms with Gasteiger partial charge >= 0.3 is 0 Å². The monoisotopic (exact) mass is 305 g/mol. The smallest absolute Gasteiger partial charge is 0.279 e. The maximum Gasteiger partial charge on any atom is 0.279 e. The summed E-state index contributed by atoms with van der Waals surface area (Å²) in [6.07, 6.45) is 4.37. The normalized spacial score (nSPS) is 19.4. The quantitative estimate of drug-likeness (QED) is 0.718. The summed E-state index contributed by atoms with van der Waals surface area (Å²) in [5.74, 6) is 0.597. The van der Waals surface area contributed by atoms with Crippen LogP contribution in [0.3, 0.4) is 0 Å². The molecule has 1 heterocycles. The molecule has 0 radical (unpaired) electrons.